The molecule has 2 unspecified atom stereocenters. The van der Waals surface area contributed by atoms with Crippen molar-refractivity contribution in [3.8, 4) is 22.8 Å². The number of likely N-dealkylation sites (tertiary alicyclic amines) is 1. The molecule has 0 bridgehead atoms. The van der Waals surface area contributed by atoms with E-state index in [1.807, 2.05) is 7.05 Å². The summed E-state index contributed by atoms with van der Waals surface area (Å²) in [7, 11) is 3.51. The highest BCUT2D eigenvalue weighted by Crippen LogP contribution is 2.45. The van der Waals surface area contributed by atoms with Gasteiger partial charge in [-0.25, -0.2) is 0 Å². The van der Waals surface area contributed by atoms with Crippen molar-refractivity contribution >= 4 is 28.5 Å². The number of nitrogens with zero attached hydrogens (tertiary/aromatic N) is 1. The highest BCUT2D eigenvalue weighted by molar-refractivity contribution is 6.33. The van der Waals surface area contributed by atoms with E-state index in [1.165, 1.54) is 19.1 Å². The Hall–Kier alpha value is -3.11. The number of carbonyl (C=O) groups excluding carboxylic acids is 1. The van der Waals surface area contributed by atoms with Gasteiger partial charge in [-0.2, -0.15) is 0 Å². The summed E-state index contributed by atoms with van der Waals surface area (Å²) < 4.78 is 28.1. The van der Waals surface area contributed by atoms with Crippen LogP contribution in [0.5, 0.6) is 11.5 Å². The SMILES string of the molecule is COCCOCOc1cc(O)c2c(=O)cc(-c3ccccc3Cl)oc2c1C1CCN(C)C1COC(C)=O. The van der Waals surface area contributed by atoms with Crippen molar-refractivity contribution in [1.82, 2.24) is 4.90 Å². The Balaban J connectivity index is 1.88. The van der Waals surface area contributed by atoms with Crippen molar-refractivity contribution in [3.05, 3.63) is 57.2 Å². The maximum absolute atomic E-state index is 13.3. The Kier molecular flexibility index (Phi) is 8.71. The molecule has 1 aromatic heterocycles. The number of hydrogen-bond donors (Lipinski definition) is 1. The van der Waals surface area contributed by atoms with Gasteiger partial charge in [0.15, 0.2) is 12.2 Å². The van der Waals surface area contributed by atoms with Gasteiger partial charge >= 0.3 is 5.97 Å². The second kappa shape index (κ2) is 12.0. The fourth-order valence-corrected chi connectivity index (χ4v) is 4.90. The van der Waals surface area contributed by atoms with E-state index in [0.717, 1.165) is 6.54 Å². The maximum atomic E-state index is 13.3. The largest absolute Gasteiger partial charge is 0.507 e. The van der Waals surface area contributed by atoms with Crippen molar-refractivity contribution < 1.29 is 33.3 Å². The number of halogens is 1. The third-order valence-corrected chi connectivity index (χ3v) is 6.83. The number of hydrogen-bond acceptors (Lipinski definition) is 9. The lowest BCUT2D eigenvalue weighted by Gasteiger charge is -2.27. The molecule has 2 heterocycles. The summed E-state index contributed by atoms with van der Waals surface area (Å²) in [5.41, 5.74) is 0.918. The molecule has 3 aromatic rings. The van der Waals surface area contributed by atoms with E-state index in [1.54, 1.807) is 31.4 Å². The molecular weight excluding hydrogens is 502 g/mol. The van der Waals surface area contributed by atoms with Gasteiger partial charge in [0.25, 0.3) is 0 Å². The topological polar surface area (TPSA) is 108 Å². The highest BCUT2D eigenvalue weighted by Gasteiger charge is 2.38. The van der Waals surface area contributed by atoms with Crippen LogP contribution in [0, 0.1) is 0 Å². The van der Waals surface area contributed by atoms with E-state index < -0.39 is 5.43 Å². The monoisotopic (exact) mass is 531 g/mol. The molecule has 10 heteroatoms. The average Bonchev–Trinajstić information content (AvgIpc) is 3.22. The van der Waals surface area contributed by atoms with Crippen LogP contribution in [-0.4, -0.2) is 69.3 Å². The van der Waals surface area contributed by atoms with Gasteiger partial charge in [0.1, 0.15) is 34.8 Å². The molecule has 1 aliphatic rings. The fraction of sp³-hybridized carbons (Fsp3) is 0.407. The minimum atomic E-state index is -0.416. The molecule has 1 saturated heterocycles. The fourth-order valence-electron chi connectivity index (χ4n) is 4.67. The van der Waals surface area contributed by atoms with Crippen molar-refractivity contribution in [1.29, 1.82) is 0 Å². The molecule has 0 amide bonds. The first-order chi connectivity index (χ1) is 17.8. The molecule has 2 atom stereocenters. The molecule has 1 N–H and O–H groups in total. The quantitative estimate of drug-likeness (QED) is 0.234. The van der Waals surface area contributed by atoms with Crippen LogP contribution in [0.3, 0.4) is 0 Å². The van der Waals surface area contributed by atoms with E-state index in [9.17, 15) is 14.7 Å². The Morgan fingerprint density at radius 3 is 2.76 bits per heavy atom. The molecule has 0 aliphatic carbocycles. The molecule has 37 heavy (non-hydrogen) atoms. The van der Waals surface area contributed by atoms with Crippen LogP contribution in [0.25, 0.3) is 22.3 Å². The summed E-state index contributed by atoms with van der Waals surface area (Å²) in [5, 5.41) is 11.3. The van der Waals surface area contributed by atoms with Crippen molar-refractivity contribution in [2.75, 3.05) is 47.3 Å². The average molecular weight is 532 g/mol. The van der Waals surface area contributed by atoms with E-state index in [-0.39, 0.29) is 53.8 Å². The van der Waals surface area contributed by atoms with Gasteiger partial charge < -0.3 is 28.5 Å². The Labute approximate surface area is 219 Å². The number of phenolic OH excluding ortho intramolecular Hbond substituents is 1. The maximum Gasteiger partial charge on any atom is 0.302 e. The van der Waals surface area contributed by atoms with Gasteiger partial charge in [0.2, 0.25) is 0 Å². The second-order valence-corrected chi connectivity index (χ2v) is 9.28. The molecule has 1 aliphatic heterocycles. The lowest BCUT2D eigenvalue weighted by atomic mass is 9.89. The zero-order valence-electron chi connectivity index (χ0n) is 21.0. The molecule has 0 saturated carbocycles. The summed E-state index contributed by atoms with van der Waals surface area (Å²) in [6, 6.07) is 9.55. The smallest absolute Gasteiger partial charge is 0.302 e. The summed E-state index contributed by atoms with van der Waals surface area (Å²) >= 11 is 6.40. The van der Waals surface area contributed by atoms with Gasteiger partial charge in [-0.3, -0.25) is 14.5 Å². The predicted octanol–water partition coefficient (Wildman–Crippen LogP) is 4.17. The first-order valence-corrected chi connectivity index (χ1v) is 12.3. The molecule has 2 aromatic carbocycles. The number of ether oxygens (including phenoxy) is 4. The lowest BCUT2D eigenvalue weighted by molar-refractivity contribution is -0.142. The first-order valence-electron chi connectivity index (χ1n) is 11.9. The standard InChI is InChI=1S/C27H30ClNO8/c1-16(30)35-14-20-18(8-9-29(20)2)25-24(36-15-34-11-10-33-3)13-22(32)26-21(31)12-23(37-27(25)26)17-6-4-5-7-19(17)28/h4-7,12-13,18,20,32H,8-11,14-15H2,1-3H3. The number of carbonyl (C=O) groups is 1. The number of likely N-dealkylation sites (N-methyl/N-ethyl adjacent to an activating group) is 1. The number of aromatic hydroxyl groups is 1. The number of methoxy groups -OCH3 is 1. The van der Waals surface area contributed by atoms with Gasteiger partial charge in [-0.15, -0.1) is 0 Å². The number of phenols is 1. The Morgan fingerprint density at radius 1 is 1.24 bits per heavy atom. The Bertz CT molecular complexity index is 1320. The predicted molar refractivity (Wildman–Crippen MR) is 138 cm³/mol. The summed E-state index contributed by atoms with van der Waals surface area (Å²) in [6.45, 7) is 2.84. The molecule has 0 spiro atoms. The minimum Gasteiger partial charge on any atom is -0.507 e. The number of rotatable bonds is 10. The van der Waals surface area contributed by atoms with Crippen LogP contribution in [0.4, 0.5) is 0 Å². The summed E-state index contributed by atoms with van der Waals surface area (Å²) in [5.74, 6) is -0.306. The van der Waals surface area contributed by atoms with Crippen LogP contribution in [-0.2, 0) is 19.0 Å². The number of fused-ring (bicyclic) bond motifs is 1. The van der Waals surface area contributed by atoms with Crippen LogP contribution in [0.15, 0.2) is 45.6 Å². The number of benzene rings is 2. The molecule has 9 nitrogen and oxygen atoms in total. The van der Waals surface area contributed by atoms with Crippen molar-refractivity contribution in [3.63, 3.8) is 0 Å². The molecular formula is C27H30ClNO8. The van der Waals surface area contributed by atoms with Crippen molar-refractivity contribution in [2.24, 2.45) is 0 Å². The minimum absolute atomic E-state index is 0.0410. The molecule has 4 rings (SSSR count). The molecule has 198 valence electrons. The van der Waals surface area contributed by atoms with E-state index in [2.05, 4.69) is 4.90 Å². The molecule has 1 fully saturated rings. The van der Waals surface area contributed by atoms with Crippen LogP contribution < -0.4 is 10.2 Å². The van der Waals surface area contributed by atoms with E-state index in [0.29, 0.717) is 41.5 Å². The van der Waals surface area contributed by atoms with E-state index in [4.69, 9.17) is 35.0 Å². The second-order valence-electron chi connectivity index (χ2n) is 8.88. The van der Waals surface area contributed by atoms with Gasteiger partial charge in [0, 0.05) is 43.2 Å². The summed E-state index contributed by atoms with van der Waals surface area (Å²) in [6.07, 6.45) is 0.684. The molecule has 0 radical (unpaired) electrons. The third kappa shape index (κ3) is 5.91. The van der Waals surface area contributed by atoms with Gasteiger partial charge in [-0.1, -0.05) is 23.7 Å². The zero-order chi connectivity index (χ0) is 26.5. The highest BCUT2D eigenvalue weighted by atomic mass is 35.5. The van der Waals surface area contributed by atoms with Crippen LogP contribution in [0.2, 0.25) is 5.02 Å². The van der Waals surface area contributed by atoms with Gasteiger partial charge in [0.05, 0.1) is 24.3 Å². The van der Waals surface area contributed by atoms with Crippen LogP contribution in [0.1, 0.15) is 24.8 Å². The van der Waals surface area contributed by atoms with Gasteiger partial charge in [-0.05, 0) is 32.1 Å². The number of esters is 1. The van der Waals surface area contributed by atoms with Crippen LogP contribution >= 0.6 is 11.6 Å². The Morgan fingerprint density at radius 2 is 2.03 bits per heavy atom. The van der Waals surface area contributed by atoms with Crippen molar-refractivity contribution in [2.45, 2.75) is 25.3 Å². The summed E-state index contributed by atoms with van der Waals surface area (Å²) in [4.78, 5) is 26.9. The lowest BCUT2D eigenvalue weighted by Crippen LogP contribution is -2.34. The van der Waals surface area contributed by atoms with E-state index >= 15 is 0 Å². The normalized spacial score (nSPS) is 17.8. The zero-order valence-corrected chi connectivity index (χ0v) is 21.7. The first kappa shape index (κ1) is 26.9. The third-order valence-electron chi connectivity index (χ3n) is 6.50.